The van der Waals surface area contributed by atoms with Crippen LogP contribution < -0.4 is 25.6 Å². The maximum absolute atomic E-state index is 17.7. The predicted molar refractivity (Wildman–Crippen MR) is 261 cm³/mol. The molecule has 0 amide bonds. The number of hydrogen-bond donors (Lipinski definition) is 0. The molecule has 1 atom stereocenters. The molecule has 13 rings (SSSR count). The Labute approximate surface area is 390 Å². The van der Waals surface area contributed by atoms with E-state index in [-0.39, 0.29) is 21.1 Å². The first-order valence-corrected chi connectivity index (χ1v) is 23.5. The van der Waals surface area contributed by atoms with E-state index in [1.165, 1.54) is 26.3 Å². The molecule has 0 bridgehead atoms. The smallest absolute Gasteiger partial charge is 0.340 e. The van der Waals surface area contributed by atoms with E-state index in [1.54, 1.807) is 6.20 Å². The molecule has 8 aromatic carbocycles. The first-order chi connectivity index (χ1) is 31.7. The van der Waals surface area contributed by atoms with E-state index >= 15 is 4.39 Å². The van der Waals surface area contributed by atoms with Gasteiger partial charge in [-0.1, -0.05) is 154 Å². The standard InChI is InChI=1S/C57H36FN5Si.Pt/c58-55(38-27-29-43-44-22-10-12-24-47(44)61-35-34-60-57(61)46(43)36-38)39-28-32-52-51(37-39)63(53-26-14-15-33-59-53)50-31-30-49-54(45-23-11-13-25-48(45)62(49)40-16-4-1-5-17-40)56(50)64(52,41-18-6-2-7-19-41)42-20-8-3-9-21-42;/h1-35,55H;/q-2;+2. The van der Waals surface area contributed by atoms with Crippen LogP contribution in [0.2, 0.25) is 0 Å². The number of hydrogen-bond acceptors (Lipinski definition) is 3. The normalized spacial score (nSPS) is 13.5. The third-order valence-electron chi connectivity index (χ3n) is 13.1. The van der Waals surface area contributed by atoms with Crippen molar-refractivity contribution in [2.75, 3.05) is 4.90 Å². The molecule has 1 aliphatic heterocycles. The molecular formula is C57H36FN5PtSi. The second kappa shape index (κ2) is 15.4. The number of pyridine rings is 2. The van der Waals surface area contributed by atoms with E-state index < -0.39 is 14.2 Å². The van der Waals surface area contributed by atoms with Gasteiger partial charge in [0.25, 0.3) is 0 Å². The van der Waals surface area contributed by atoms with Gasteiger partial charge in [0.1, 0.15) is 20.1 Å². The van der Waals surface area contributed by atoms with Crippen LogP contribution in [0.1, 0.15) is 17.3 Å². The van der Waals surface area contributed by atoms with Crippen molar-refractivity contribution in [1.82, 2.24) is 18.9 Å². The van der Waals surface area contributed by atoms with Crippen molar-refractivity contribution in [2.45, 2.75) is 6.17 Å². The van der Waals surface area contributed by atoms with E-state index in [4.69, 9.17) is 9.97 Å². The molecule has 0 aliphatic carbocycles. The van der Waals surface area contributed by atoms with Gasteiger partial charge in [0.15, 0.2) is 0 Å². The molecule has 5 nitrogen and oxygen atoms in total. The number of fused-ring (bicyclic) bond motifs is 12. The molecule has 0 spiro atoms. The molecule has 8 heteroatoms. The number of para-hydroxylation sites is 3. The maximum atomic E-state index is 17.7. The van der Waals surface area contributed by atoms with Crippen LogP contribution in [0, 0.1) is 12.1 Å². The summed E-state index contributed by atoms with van der Waals surface area (Å²) in [5.41, 5.74) is 7.78. The SMILES string of the molecule is FC(c1[c-]c2c(cc1)[Si](c1ccccc1)(c1ccccc1)c1c(ccc3c1c1ccccc1n3-c1ccccc1)N2c1ccccn1)c1[c-]c2c(cc1)c1ccccc1n1ccnc21.[Pt+2]. The fourth-order valence-corrected chi connectivity index (χ4v) is 15.8. The van der Waals surface area contributed by atoms with Crippen molar-refractivity contribution in [3.63, 3.8) is 0 Å². The van der Waals surface area contributed by atoms with Crippen LogP contribution in [0.15, 0.2) is 213 Å². The Bertz CT molecular complexity index is 3720. The summed E-state index contributed by atoms with van der Waals surface area (Å²) in [6.07, 6.45) is 4.04. The first kappa shape index (κ1) is 39.2. The molecule has 5 heterocycles. The van der Waals surface area contributed by atoms with Crippen molar-refractivity contribution in [3.05, 3.63) is 236 Å². The minimum Gasteiger partial charge on any atom is -0.340 e. The number of nitrogens with zero attached hydrogens (tertiary/aromatic N) is 5. The summed E-state index contributed by atoms with van der Waals surface area (Å²) >= 11 is 0. The number of alkyl halides is 1. The number of rotatable bonds is 6. The van der Waals surface area contributed by atoms with E-state index in [1.807, 2.05) is 60.9 Å². The Balaban J connectivity index is 0.00000444. The van der Waals surface area contributed by atoms with Gasteiger partial charge in [-0.3, -0.25) is 4.98 Å². The number of imidazole rings is 1. The number of aromatic nitrogens is 4. The van der Waals surface area contributed by atoms with E-state index in [2.05, 4.69) is 172 Å². The van der Waals surface area contributed by atoms with E-state index in [0.29, 0.717) is 11.1 Å². The van der Waals surface area contributed by atoms with Crippen molar-refractivity contribution >= 4 is 95.1 Å². The zero-order valence-corrected chi connectivity index (χ0v) is 38.0. The van der Waals surface area contributed by atoms with E-state index in [0.717, 1.165) is 66.4 Å². The van der Waals surface area contributed by atoms with Crippen molar-refractivity contribution in [1.29, 1.82) is 0 Å². The van der Waals surface area contributed by atoms with Crippen LogP contribution in [0.5, 0.6) is 0 Å². The number of benzene rings is 8. The maximum Gasteiger partial charge on any atom is 2.00 e. The molecule has 0 N–H and O–H groups in total. The topological polar surface area (TPSA) is 38.4 Å². The van der Waals surface area contributed by atoms with Crippen LogP contribution in [-0.4, -0.2) is 27.0 Å². The molecule has 310 valence electrons. The van der Waals surface area contributed by atoms with Crippen LogP contribution in [0.4, 0.5) is 21.6 Å². The second-order valence-corrected chi connectivity index (χ2v) is 20.1. The zero-order chi connectivity index (χ0) is 42.4. The molecule has 0 saturated carbocycles. The Morgan fingerprint density at radius 2 is 1.17 bits per heavy atom. The minimum atomic E-state index is -3.30. The summed E-state index contributed by atoms with van der Waals surface area (Å²) in [6, 6.07) is 75.3. The fourth-order valence-electron chi connectivity index (χ4n) is 10.5. The van der Waals surface area contributed by atoms with Gasteiger partial charge in [-0.15, -0.1) is 28.9 Å². The van der Waals surface area contributed by atoms with E-state index in [9.17, 15) is 0 Å². The Hall–Kier alpha value is -7.44. The summed E-state index contributed by atoms with van der Waals surface area (Å²) in [4.78, 5) is 11.9. The van der Waals surface area contributed by atoms with Gasteiger partial charge in [0.2, 0.25) is 0 Å². The van der Waals surface area contributed by atoms with Crippen LogP contribution in [0.25, 0.3) is 54.8 Å². The molecule has 0 radical (unpaired) electrons. The third-order valence-corrected chi connectivity index (χ3v) is 18.0. The molecule has 0 fully saturated rings. The van der Waals surface area contributed by atoms with Crippen molar-refractivity contribution in [2.24, 2.45) is 0 Å². The average Bonchev–Trinajstić information content (AvgIpc) is 4.00. The first-order valence-electron chi connectivity index (χ1n) is 21.5. The summed E-state index contributed by atoms with van der Waals surface area (Å²) in [6.45, 7) is 0. The molecule has 0 saturated heterocycles. The van der Waals surface area contributed by atoms with Gasteiger partial charge in [0.05, 0.1) is 16.7 Å². The Morgan fingerprint density at radius 1 is 0.523 bits per heavy atom. The van der Waals surface area contributed by atoms with Gasteiger partial charge >= 0.3 is 21.1 Å². The minimum absolute atomic E-state index is 0. The summed E-state index contributed by atoms with van der Waals surface area (Å²) < 4.78 is 22.2. The third kappa shape index (κ3) is 5.72. The molecule has 1 aliphatic rings. The number of anilines is 3. The van der Waals surface area contributed by atoms with Gasteiger partial charge in [-0.25, -0.2) is 9.37 Å². The molecular weight excluding hydrogens is 997 g/mol. The van der Waals surface area contributed by atoms with Gasteiger partial charge in [-0.2, -0.15) is 18.2 Å². The zero-order valence-electron chi connectivity index (χ0n) is 34.7. The van der Waals surface area contributed by atoms with Gasteiger partial charge < -0.3 is 13.9 Å². The Morgan fingerprint density at radius 3 is 1.91 bits per heavy atom. The van der Waals surface area contributed by atoms with Gasteiger partial charge in [-0.05, 0) is 59.1 Å². The quantitative estimate of drug-likeness (QED) is 0.0946. The largest absolute Gasteiger partial charge is 2.00 e. The summed E-state index contributed by atoms with van der Waals surface area (Å²) in [7, 11) is -3.30. The van der Waals surface area contributed by atoms with Crippen molar-refractivity contribution < 1.29 is 25.5 Å². The average molecular weight is 1030 g/mol. The van der Waals surface area contributed by atoms with Crippen molar-refractivity contribution in [3.8, 4) is 5.69 Å². The van der Waals surface area contributed by atoms with Gasteiger partial charge in [0, 0.05) is 46.3 Å². The predicted octanol–water partition coefficient (Wildman–Crippen LogP) is 11.0. The molecule has 12 aromatic rings. The molecule has 65 heavy (non-hydrogen) atoms. The number of halogens is 1. The summed E-state index contributed by atoms with van der Waals surface area (Å²) in [5, 5.41) is 10.0. The fraction of sp³-hybridized carbons (Fsp3) is 0.0175. The van der Waals surface area contributed by atoms with Crippen LogP contribution in [-0.2, 0) is 21.1 Å². The van der Waals surface area contributed by atoms with Crippen LogP contribution >= 0.6 is 0 Å². The second-order valence-electron chi connectivity index (χ2n) is 16.4. The Kier molecular flexibility index (Phi) is 9.26. The summed E-state index contributed by atoms with van der Waals surface area (Å²) in [5.74, 6) is 0.731. The van der Waals surface area contributed by atoms with Crippen LogP contribution in [0.3, 0.4) is 0 Å². The monoisotopic (exact) mass is 1030 g/mol. The molecule has 4 aromatic heterocycles. The molecule has 1 unspecified atom stereocenters.